The molecule has 0 aliphatic carbocycles. The maximum atomic E-state index is 12.6. The largest absolute Gasteiger partial charge is 0.494 e. The Hall–Kier alpha value is -2.38. The van der Waals surface area contributed by atoms with Crippen LogP contribution >= 0.6 is 0 Å². The third-order valence-electron chi connectivity index (χ3n) is 4.30. The van der Waals surface area contributed by atoms with E-state index in [9.17, 15) is 13.2 Å². The molecule has 0 atom stereocenters. The van der Waals surface area contributed by atoms with Gasteiger partial charge in [-0.25, -0.2) is 8.42 Å². The number of hydrogen-bond donors (Lipinski definition) is 1. The number of aryl methyl sites for hydroxylation is 1. The number of carbonyl (C=O) groups is 1. The van der Waals surface area contributed by atoms with Gasteiger partial charge < -0.3 is 10.1 Å². The first-order valence-corrected chi connectivity index (χ1v) is 10.9. The molecule has 0 spiro atoms. The van der Waals surface area contributed by atoms with Crippen LogP contribution in [-0.2, 0) is 10.0 Å². The van der Waals surface area contributed by atoms with Crippen molar-refractivity contribution in [3.8, 4) is 5.75 Å². The lowest BCUT2D eigenvalue weighted by Crippen LogP contribution is -2.31. The maximum absolute atomic E-state index is 12.6. The van der Waals surface area contributed by atoms with Crippen molar-refractivity contribution in [2.45, 2.75) is 32.1 Å². The molecule has 0 aliphatic heterocycles. The van der Waals surface area contributed by atoms with Gasteiger partial charge in [-0.05, 0) is 49.2 Å². The second kappa shape index (κ2) is 10.2. The fraction of sp³-hybridized carbons (Fsp3) is 0.381. The van der Waals surface area contributed by atoms with Crippen LogP contribution in [0.15, 0.2) is 53.4 Å². The number of rotatable bonds is 10. The van der Waals surface area contributed by atoms with Crippen LogP contribution in [0.25, 0.3) is 0 Å². The molecular weight excluding hydrogens is 376 g/mol. The number of ether oxygens (including phenoxy) is 1. The molecule has 7 heteroatoms. The number of nitrogens with one attached hydrogen (secondary N) is 1. The Morgan fingerprint density at radius 2 is 1.79 bits per heavy atom. The van der Waals surface area contributed by atoms with E-state index >= 15 is 0 Å². The molecule has 152 valence electrons. The minimum Gasteiger partial charge on any atom is -0.494 e. The van der Waals surface area contributed by atoms with E-state index in [0.717, 1.165) is 11.3 Å². The van der Waals surface area contributed by atoms with E-state index in [1.165, 1.54) is 16.4 Å². The van der Waals surface area contributed by atoms with Gasteiger partial charge in [-0.2, -0.15) is 4.31 Å². The third-order valence-corrected chi connectivity index (χ3v) is 6.35. The predicted molar refractivity (Wildman–Crippen MR) is 110 cm³/mol. The normalized spacial score (nSPS) is 11.4. The molecule has 2 rings (SSSR count). The minimum absolute atomic E-state index is 0.131. The first kappa shape index (κ1) is 21.9. The molecule has 0 radical (unpaired) electrons. The van der Waals surface area contributed by atoms with Gasteiger partial charge in [-0.15, -0.1) is 0 Å². The van der Waals surface area contributed by atoms with Crippen molar-refractivity contribution < 1.29 is 17.9 Å². The topological polar surface area (TPSA) is 75.7 Å². The second-order valence-electron chi connectivity index (χ2n) is 6.39. The zero-order chi connectivity index (χ0) is 20.6. The SMILES string of the molecule is CCN(CC)S(=O)(=O)c1cccc(C(=O)NCCCOc2cccc(C)c2)c1. The maximum Gasteiger partial charge on any atom is 0.251 e. The molecule has 1 amide bonds. The molecule has 6 nitrogen and oxygen atoms in total. The average Bonchev–Trinajstić information content (AvgIpc) is 2.68. The van der Waals surface area contributed by atoms with E-state index < -0.39 is 10.0 Å². The van der Waals surface area contributed by atoms with Crippen molar-refractivity contribution in [1.29, 1.82) is 0 Å². The van der Waals surface area contributed by atoms with Crippen LogP contribution in [0.5, 0.6) is 5.75 Å². The van der Waals surface area contributed by atoms with Gasteiger partial charge in [0.2, 0.25) is 10.0 Å². The minimum atomic E-state index is -3.59. The fourth-order valence-corrected chi connectivity index (χ4v) is 4.29. The zero-order valence-corrected chi connectivity index (χ0v) is 17.5. The molecule has 2 aromatic rings. The van der Waals surface area contributed by atoms with E-state index in [0.29, 0.717) is 38.2 Å². The van der Waals surface area contributed by atoms with Crippen molar-refractivity contribution in [1.82, 2.24) is 9.62 Å². The standard InChI is InChI=1S/C21H28N2O4S/c1-4-23(5-2)28(25,26)20-12-7-10-18(16-20)21(24)22-13-8-14-27-19-11-6-9-17(3)15-19/h6-7,9-12,15-16H,4-5,8,13-14H2,1-3H3,(H,22,24). The Morgan fingerprint density at radius 3 is 2.46 bits per heavy atom. The van der Waals surface area contributed by atoms with Crippen molar-refractivity contribution >= 4 is 15.9 Å². The van der Waals surface area contributed by atoms with Crippen LogP contribution in [0.1, 0.15) is 36.2 Å². The van der Waals surface area contributed by atoms with E-state index in [1.54, 1.807) is 26.0 Å². The summed E-state index contributed by atoms with van der Waals surface area (Å²) in [5.41, 5.74) is 1.46. The molecule has 0 bridgehead atoms. The van der Waals surface area contributed by atoms with Gasteiger partial charge in [0.25, 0.3) is 5.91 Å². The number of sulfonamides is 1. The summed E-state index contributed by atoms with van der Waals surface area (Å²) >= 11 is 0. The van der Waals surface area contributed by atoms with Crippen LogP contribution in [0.3, 0.4) is 0 Å². The van der Waals surface area contributed by atoms with Gasteiger partial charge in [0.15, 0.2) is 0 Å². The van der Waals surface area contributed by atoms with Gasteiger partial charge in [-0.3, -0.25) is 4.79 Å². The van der Waals surface area contributed by atoms with E-state index in [2.05, 4.69) is 5.32 Å². The molecule has 0 saturated heterocycles. The van der Waals surface area contributed by atoms with Crippen molar-refractivity contribution in [3.63, 3.8) is 0 Å². The van der Waals surface area contributed by atoms with Crippen molar-refractivity contribution in [2.24, 2.45) is 0 Å². The molecule has 0 saturated carbocycles. The molecule has 0 fully saturated rings. The highest BCUT2D eigenvalue weighted by atomic mass is 32.2. The molecule has 0 unspecified atom stereocenters. The Labute approximate surface area is 167 Å². The number of hydrogen-bond acceptors (Lipinski definition) is 4. The smallest absolute Gasteiger partial charge is 0.251 e. The van der Waals surface area contributed by atoms with Crippen LogP contribution in [0.2, 0.25) is 0 Å². The quantitative estimate of drug-likeness (QED) is 0.617. The number of nitrogens with zero attached hydrogens (tertiary/aromatic N) is 1. The Balaban J connectivity index is 1.89. The first-order chi connectivity index (χ1) is 13.4. The Bertz CT molecular complexity index is 893. The highest BCUT2D eigenvalue weighted by molar-refractivity contribution is 7.89. The van der Waals surface area contributed by atoms with Crippen LogP contribution < -0.4 is 10.1 Å². The lowest BCUT2D eigenvalue weighted by atomic mass is 10.2. The van der Waals surface area contributed by atoms with Crippen molar-refractivity contribution in [3.05, 3.63) is 59.7 Å². The Kier molecular flexibility index (Phi) is 8.02. The van der Waals surface area contributed by atoms with Crippen LogP contribution in [0, 0.1) is 6.92 Å². The van der Waals surface area contributed by atoms with Gasteiger partial charge in [0.1, 0.15) is 5.75 Å². The molecule has 2 aromatic carbocycles. The third kappa shape index (κ3) is 5.81. The fourth-order valence-electron chi connectivity index (χ4n) is 2.78. The molecule has 0 aromatic heterocycles. The molecule has 0 heterocycles. The molecular formula is C21H28N2O4S. The summed E-state index contributed by atoms with van der Waals surface area (Å²) in [5.74, 6) is 0.507. The van der Waals surface area contributed by atoms with Crippen LogP contribution in [-0.4, -0.2) is 44.9 Å². The molecule has 0 aliphatic rings. The summed E-state index contributed by atoms with van der Waals surface area (Å²) < 4.78 is 32.2. The highest BCUT2D eigenvalue weighted by Crippen LogP contribution is 2.17. The second-order valence-corrected chi connectivity index (χ2v) is 8.33. The lowest BCUT2D eigenvalue weighted by Gasteiger charge is -2.18. The summed E-state index contributed by atoms with van der Waals surface area (Å²) in [6.07, 6.45) is 0.650. The summed E-state index contributed by atoms with van der Waals surface area (Å²) in [5, 5.41) is 2.81. The van der Waals surface area contributed by atoms with E-state index in [-0.39, 0.29) is 10.8 Å². The molecule has 1 N–H and O–H groups in total. The summed E-state index contributed by atoms with van der Waals surface area (Å²) in [7, 11) is -3.59. The monoisotopic (exact) mass is 404 g/mol. The predicted octanol–water partition coefficient (Wildman–Crippen LogP) is 3.22. The summed E-state index contributed by atoms with van der Waals surface area (Å²) in [6, 6.07) is 13.9. The number of carbonyl (C=O) groups excluding carboxylic acids is 1. The van der Waals surface area contributed by atoms with Gasteiger partial charge in [0, 0.05) is 25.2 Å². The molecule has 28 heavy (non-hydrogen) atoms. The zero-order valence-electron chi connectivity index (χ0n) is 16.6. The Morgan fingerprint density at radius 1 is 1.07 bits per heavy atom. The van der Waals surface area contributed by atoms with Gasteiger partial charge in [0.05, 0.1) is 11.5 Å². The highest BCUT2D eigenvalue weighted by Gasteiger charge is 2.22. The summed E-state index contributed by atoms with van der Waals surface area (Å²) in [6.45, 7) is 7.28. The van der Waals surface area contributed by atoms with Crippen molar-refractivity contribution in [2.75, 3.05) is 26.2 Å². The van der Waals surface area contributed by atoms with E-state index in [1.807, 2.05) is 31.2 Å². The summed E-state index contributed by atoms with van der Waals surface area (Å²) in [4.78, 5) is 12.5. The van der Waals surface area contributed by atoms with Gasteiger partial charge >= 0.3 is 0 Å². The van der Waals surface area contributed by atoms with Gasteiger partial charge in [-0.1, -0.05) is 32.0 Å². The number of amides is 1. The number of benzene rings is 2. The first-order valence-electron chi connectivity index (χ1n) is 9.46. The lowest BCUT2D eigenvalue weighted by molar-refractivity contribution is 0.0951. The average molecular weight is 405 g/mol. The van der Waals surface area contributed by atoms with E-state index in [4.69, 9.17) is 4.74 Å². The van der Waals surface area contributed by atoms with Crippen LogP contribution in [0.4, 0.5) is 0 Å².